The molecule has 1 unspecified atom stereocenters. The Bertz CT molecular complexity index is 424. The second kappa shape index (κ2) is 8.61. The molecule has 2 N–H and O–H groups in total. The lowest BCUT2D eigenvalue weighted by molar-refractivity contribution is 0.269. The Morgan fingerprint density at radius 1 is 1.10 bits per heavy atom. The van der Waals surface area contributed by atoms with Crippen LogP contribution in [0.2, 0.25) is 0 Å². The summed E-state index contributed by atoms with van der Waals surface area (Å²) in [6.45, 7) is 10.7. The van der Waals surface area contributed by atoms with E-state index in [-0.39, 0.29) is 12.6 Å². The van der Waals surface area contributed by atoms with Crippen LogP contribution in [-0.2, 0) is 0 Å². The largest absolute Gasteiger partial charge is 0.394 e. The maximum Gasteiger partial charge on any atom is 0.232 e. The molecule has 0 bridgehead atoms. The van der Waals surface area contributed by atoms with Crippen molar-refractivity contribution in [3.8, 4) is 0 Å². The van der Waals surface area contributed by atoms with E-state index in [1.807, 2.05) is 18.9 Å². The monoisotopic (exact) mass is 296 g/mol. The summed E-state index contributed by atoms with van der Waals surface area (Å²) in [5, 5.41) is 12.5. The van der Waals surface area contributed by atoms with Crippen LogP contribution in [0.25, 0.3) is 0 Å². The molecule has 1 aromatic rings. The number of hydrogen-bond acceptors (Lipinski definition) is 7. The van der Waals surface area contributed by atoms with E-state index in [2.05, 4.69) is 45.9 Å². The Labute approximate surface area is 127 Å². The van der Waals surface area contributed by atoms with Crippen molar-refractivity contribution in [1.29, 1.82) is 0 Å². The van der Waals surface area contributed by atoms with Crippen molar-refractivity contribution in [2.75, 3.05) is 48.4 Å². The lowest BCUT2D eigenvalue weighted by Crippen LogP contribution is -2.34. The summed E-state index contributed by atoms with van der Waals surface area (Å²) in [5.74, 6) is 1.83. The molecule has 1 aromatic heterocycles. The number of hydrogen-bond donors (Lipinski definition) is 2. The summed E-state index contributed by atoms with van der Waals surface area (Å²) >= 11 is 0. The zero-order chi connectivity index (χ0) is 15.8. The summed E-state index contributed by atoms with van der Waals surface area (Å²) < 4.78 is 0. The highest BCUT2D eigenvalue weighted by Crippen LogP contribution is 2.17. The third kappa shape index (κ3) is 4.70. The first-order chi connectivity index (χ1) is 10.1. The van der Waals surface area contributed by atoms with Crippen LogP contribution < -0.4 is 15.1 Å². The third-order valence-corrected chi connectivity index (χ3v) is 3.43. The molecule has 1 rings (SSSR count). The molecule has 0 aliphatic rings. The van der Waals surface area contributed by atoms with Crippen LogP contribution in [0.15, 0.2) is 0 Å². The molecule has 0 aliphatic carbocycles. The van der Waals surface area contributed by atoms with E-state index < -0.39 is 0 Å². The minimum absolute atomic E-state index is 0.0454. The van der Waals surface area contributed by atoms with Gasteiger partial charge in [0.25, 0.3) is 0 Å². The zero-order valence-electron chi connectivity index (χ0n) is 13.8. The van der Waals surface area contributed by atoms with Gasteiger partial charge in [0.2, 0.25) is 17.8 Å². The first kappa shape index (κ1) is 17.4. The van der Waals surface area contributed by atoms with Crippen LogP contribution in [0.3, 0.4) is 0 Å². The molecule has 1 heterocycles. The summed E-state index contributed by atoms with van der Waals surface area (Å²) in [6, 6.07) is -0.0454. The number of aliphatic hydroxyl groups excluding tert-OH is 1. The molecule has 1 atom stereocenters. The number of anilines is 3. The Morgan fingerprint density at radius 2 is 1.71 bits per heavy atom. The minimum Gasteiger partial charge on any atom is -0.394 e. The van der Waals surface area contributed by atoms with Crippen molar-refractivity contribution in [1.82, 2.24) is 15.0 Å². The van der Waals surface area contributed by atoms with E-state index >= 15 is 0 Å². The lowest BCUT2D eigenvalue weighted by Gasteiger charge is -2.25. The highest BCUT2D eigenvalue weighted by molar-refractivity contribution is 5.45. The average molecular weight is 296 g/mol. The van der Waals surface area contributed by atoms with Gasteiger partial charge in [-0.05, 0) is 27.2 Å². The normalized spacial score (nSPS) is 12.1. The SMILES string of the molecule is CCCNc1nc(N(CC)CC)nc(N(C)C(C)CO)n1. The highest BCUT2D eigenvalue weighted by Gasteiger charge is 2.16. The fraction of sp³-hybridized carbons (Fsp3) is 0.786. The summed E-state index contributed by atoms with van der Waals surface area (Å²) in [5.41, 5.74) is 0. The van der Waals surface area contributed by atoms with Crippen LogP contribution in [0.4, 0.5) is 17.8 Å². The molecule has 0 amide bonds. The Balaban J connectivity index is 3.13. The molecule has 0 saturated carbocycles. The van der Waals surface area contributed by atoms with Crippen LogP contribution in [-0.4, -0.2) is 59.4 Å². The fourth-order valence-electron chi connectivity index (χ4n) is 1.79. The van der Waals surface area contributed by atoms with Crippen molar-refractivity contribution >= 4 is 17.8 Å². The molecule has 0 radical (unpaired) electrons. The molecule has 120 valence electrons. The lowest BCUT2D eigenvalue weighted by atomic mass is 10.3. The average Bonchev–Trinajstić information content (AvgIpc) is 2.52. The van der Waals surface area contributed by atoms with E-state index in [4.69, 9.17) is 0 Å². The van der Waals surface area contributed by atoms with E-state index in [1.54, 1.807) is 0 Å². The molecular weight excluding hydrogens is 268 g/mol. The Hall–Kier alpha value is -1.63. The standard InChI is InChI=1S/C14H28N6O/c1-6-9-15-12-16-13(19(5)11(4)10-21)18-14(17-12)20(7-2)8-3/h11,21H,6-10H2,1-5H3,(H,15,16,17,18). The van der Waals surface area contributed by atoms with Crippen molar-refractivity contribution < 1.29 is 5.11 Å². The molecule has 21 heavy (non-hydrogen) atoms. The number of nitrogens with one attached hydrogen (secondary N) is 1. The first-order valence-corrected chi connectivity index (χ1v) is 7.65. The van der Waals surface area contributed by atoms with Gasteiger partial charge in [-0.3, -0.25) is 0 Å². The number of aromatic nitrogens is 3. The molecule has 0 spiro atoms. The molecule has 7 nitrogen and oxygen atoms in total. The van der Waals surface area contributed by atoms with Gasteiger partial charge in [-0.2, -0.15) is 15.0 Å². The van der Waals surface area contributed by atoms with Crippen LogP contribution in [0, 0.1) is 0 Å². The van der Waals surface area contributed by atoms with Gasteiger partial charge in [0.05, 0.1) is 12.6 Å². The summed E-state index contributed by atoms with van der Waals surface area (Å²) in [4.78, 5) is 17.4. The van der Waals surface area contributed by atoms with Gasteiger partial charge in [-0.15, -0.1) is 0 Å². The number of nitrogens with zero attached hydrogens (tertiary/aromatic N) is 5. The molecule has 7 heteroatoms. The molecular formula is C14H28N6O. The van der Waals surface area contributed by atoms with E-state index in [0.717, 1.165) is 26.1 Å². The summed E-state index contributed by atoms with van der Waals surface area (Å²) in [7, 11) is 1.88. The topological polar surface area (TPSA) is 77.4 Å². The van der Waals surface area contributed by atoms with Crippen LogP contribution >= 0.6 is 0 Å². The first-order valence-electron chi connectivity index (χ1n) is 7.65. The maximum atomic E-state index is 9.31. The van der Waals surface area contributed by atoms with Crippen molar-refractivity contribution in [3.05, 3.63) is 0 Å². The number of aliphatic hydroxyl groups is 1. The third-order valence-electron chi connectivity index (χ3n) is 3.43. The van der Waals surface area contributed by atoms with Crippen LogP contribution in [0.5, 0.6) is 0 Å². The number of likely N-dealkylation sites (N-methyl/N-ethyl adjacent to an activating group) is 1. The van der Waals surface area contributed by atoms with Crippen molar-refractivity contribution in [3.63, 3.8) is 0 Å². The Kier molecular flexibility index (Phi) is 7.14. The van der Waals surface area contributed by atoms with Gasteiger partial charge in [-0.1, -0.05) is 6.92 Å². The zero-order valence-corrected chi connectivity index (χ0v) is 13.8. The maximum absolute atomic E-state index is 9.31. The van der Waals surface area contributed by atoms with E-state index in [0.29, 0.717) is 17.8 Å². The minimum atomic E-state index is -0.0454. The Morgan fingerprint density at radius 3 is 2.24 bits per heavy atom. The molecule has 0 aliphatic heterocycles. The van der Waals surface area contributed by atoms with Gasteiger partial charge >= 0.3 is 0 Å². The van der Waals surface area contributed by atoms with E-state index in [9.17, 15) is 5.11 Å². The summed E-state index contributed by atoms with van der Waals surface area (Å²) in [6.07, 6.45) is 1.00. The van der Waals surface area contributed by atoms with Crippen molar-refractivity contribution in [2.24, 2.45) is 0 Å². The van der Waals surface area contributed by atoms with Gasteiger partial charge < -0.3 is 20.2 Å². The fourth-order valence-corrected chi connectivity index (χ4v) is 1.79. The predicted octanol–water partition coefficient (Wildman–Crippen LogP) is 1.36. The molecule has 0 fully saturated rings. The van der Waals surface area contributed by atoms with Gasteiger partial charge in [0.1, 0.15) is 0 Å². The molecule has 0 aromatic carbocycles. The number of rotatable bonds is 9. The van der Waals surface area contributed by atoms with Gasteiger partial charge in [-0.25, -0.2) is 0 Å². The van der Waals surface area contributed by atoms with Gasteiger partial charge in [0.15, 0.2) is 0 Å². The smallest absolute Gasteiger partial charge is 0.232 e. The van der Waals surface area contributed by atoms with E-state index in [1.165, 1.54) is 0 Å². The quantitative estimate of drug-likeness (QED) is 0.712. The van der Waals surface area contributed by atoms with Crippen molar-refractivity contribution in [2.45, 2.75) is 40.2 Å². The second-order valence-corrected chi connectivity index (χ2v) is 5.00. The predicted molar refractivity (Wildman–Crippen MR) is 87.1 cm³/mol. The van der Waals surface area contributed by atoms with Crippen LogP contribution in [0.1, 0.15) is 34.1 Å². The van der Waals surface area contributed by atoms with Gasteiger partial charge in [0, 0.05) is 26.7 Å². The highest BCUT2D eigenvalue weighted by atomic mass is 16.3. The molecule has 0 saturated heterocycles. The second-order valence-electron chi connectivity index (χ2n) is 5.00.